The molecule has 1 N–H and O–H groups in total. The van der Waals surface area contributed by atoms with E-state index in [9.17, 15) is 9.59 Å². The second-order valence-corrected chi connectivity index (χ2v) is 11.2. The number of benzene rings is 2. The highest BCUT2D eigenvalue weighted by Gasteiger charge is 2.42. The SMILES string of the molecule is CCSCCOC(=O)C1=C(C)NC2=C(C(=O)C[C@H](c3ccccc3)C2)[C@@H]1c1cc2c(cc1Br)OCO2. The number of thioether (sulfide) groups is 1. The molecule has 188 valence electrons. The molecular weight excluding hydrogens is 542 g/mol. The number of ether oxygens (including phenoxy) is 3. The monoisotopic (exact) mass is 569 g/mol. The molecule has 2 atom stereocenters. The van der Waals surface area contributed by atoms with E-state index in [2.05, 4.69) is 40.3 Å². The molecule has 0 saturated heterocycles. The molecule has 0 amide bonds. The van der Waals surface area contributed by atoms with E-state index in [0.29, 0.717) is 47.8 Å². The summed E-state index contributed by atoms with van der Waals surface area (Å²) in [4.78, 5) is 27.2. The lowest BCUT2D eigenvalue weighted by molar-refractivity contribution is -0.138. The highest BCUT2D eigenvalue weighted by Crippen LogP contribution is 2.49. The van der Waals surface area contributed by atoms with Gasteiger partial charge in [-0.25, -0.2) is 4.79 Å². The van der Waals surface area contributed by atoms with Crippen LogP contribution in [0.1, 0.15) is 49.7 Å². The van der Waals surface area contributed by atoms with Crippen LogP contribution in [0.4, 0.5) is 0 Å². The number of hydrogen-bond acceptors (Lipinski definition) is 7. The van der Waals surface area contributed by atoms with Crippen LogP contribution in [0, 0.1) is 0 Å². The van der Waals surface area contributed by atoms with E-state index < -0.39 is 11.9 Å². The summed E-state index contributed by atoms with van der Waals surface area (Å²) in [5.41, 5.74) is 4.58. The molecule has 2 heterocycles. The number of Topliss-reactive ketones (excluding diaryl/α,β-unsaturated/α-hetero) is 1. The summed E-state index contributed by atoms with van der Waals surface area (Å²) in [5, 5.41) is 3.41. The maximum atomic E-state index is 13.8. The van der Waals surface area contributed by atoms with Gasteiger partial charge in [0.05, 0.1) is 5.57 Å². The summed E-state index contributed by atoms with van der Waals surface area (Å²) in [5.74, 6) is 2.06. The number of carbonyl (C=O) groups excluding carboxylic acids is 2. The zero-order valence-electron chi connectivity index (χ0n) is 20.3. The molecule has 5 rings (SSSR count). The average Bonchev–Trinajstić information content (AvgIpc) is 3.32. The minimum absolute atomic E-state index is 0.0338. The molecule has 0 radical (unpaired) electrons. The Morgan fingerprint density at radius 1 is 1.17 bits per heavy atom. The van der Waals surface area contributed by atoms with E-state index in [4.69, 9.17) is 14.2 Å². The van der Waals surface area contributed by atoms with Crippen molar-refractivity contribution in [1.82, 2.24) is 5.32 Å². The van der Waals surface area contributed by atoms with Gasteiger partial charge in [-0.2, -0.15) is 11.8 Å². The Hall–Kier alpha value is -2.71. The Kier molecular flexibility index (Phi) is 7.44. The van der Waals surface area contributed by atoms with E-state index >= 15 is 0 Å². The minimum Gasteiger partial charge on any atom is -0.461 e. The molecule has 0 fully saturated rings. The predicted molar refractivity (Wildman–Crippen MR) is 143 cm³/mol. The number of dihydropyridines is 1. The van der Waals surface area contributed by atoms with Gasteiger partial charge in [-0.05, 0) is 48.3 Å². The van der Waals surface area contributed by atoms with Crippen LogP contribution in [0.3, 0.4) is 0 Å². The smallest absolute Gasteiger partial charge is 0.336 e. The van der Waals surface area contributed by atoms with E-state index in [1.165, 1.54) is 0 Å². The van der Waals surface area contributed by atoms with Crippen LogP contribution in [0.25, 0.3) is 0 Å². The van der Waals surface area contributed by atoms with Gasteiger partial charge in [-0.15, -0.1) is 0 Å². The summed E-state index contributed by atoms with van der Waals surface area (Å²) in [6, 6.07) is 13.8. The van der Waals surface area contributed by atoms with Crippen LogP contribution < -0.4 is 14.8 Å². The fourth-order valence-electron chi connectivity index (χ4n) is 5.15. The number of carbonyl (C=O) groups is 2. The molecule has 2 aliphatic heterocycles. The van der Waals surface area contributed by atoms with Crippen molar-refractivity contribution in [2.75, 3.05) is 24.9 Å². The number of allylic oxidation sites excluding steroid dienone is 3. The molecule has 2 aromatic rings. The normalized spacial score (nSPS) is 20.8. The van der Waals surface area contributed by atoms with Gasteiger partial charge in [0.25, 0.3) is 0 Å². The Morgan fingerprint density at radius 3 is 2.67 bits per heavy atom. The standard InChI is InChI=1S/C28H28BrNO5S/c1-3-36-10-9-33-28(32)25-16(2)30-21-11-18(17-7-5-4-6-8-17)12-22(31)27(21)26(25)19-13-23-24(14-20(19)29)35-15-34-23/h4-8,13-14,18,26,30H,3,9-12,15H2,1-2H3/t18-,26-/m1/s1. The van der Waals surface area contributed by atoms with Crippen molar-refractivity contribution in [3.05, 3.63) is 80.6 Å². The summed E-state index contributed by atoms with van der Waals surface area (Å²) in [7, 11) is 0. The number of ketones is 1. The minimum atomic E-state index is -0.569. The van der Waals surface area contributed by atoms with Crippen LogP contribution in [-0.2, 0) is 14.3 Å². The van der Waals surface area contributed by atoms with Gasteiger partial charge in [-0.1, -0.05) is 53.2 Å². The van der Waals surface area contributed by atoms with Crippen molar-refractivity contribution in [2.24, 2.45) is 0 Å². The first-order valence-electron chi connectivity index (χ1n) is 12.1. The lowest BCUT2D eigenvalue weighted by atomic mass is 9.71. The fourth-order valence-corrected chi connectivity index (χ4v) is 6.19. The summed E-state index contributed by atoms with van der Waals surface area (Å²) < 4.78 is 17.6. The van der Waals surface area contributed by atoms with E-state index in [-0.39, 0.29) is 18.5 Å². The second kappa shape index (κ2) is 10.7. The zero-order valence-corrected chi connectivity index (χ0v) is 22.7. The molecule has 6 nitrogen and oxygen atoms in total. The van der Waals surface area contributed by atoms with Crippen LogP contribution in [0.15, 0.2) is 69.5 Å². The van der Waals surface area contributed by atoms with E-state index in [1.807, 2.05) is 37.3 Å². The number of esters is 1. The molecule has 0 unspecified atom stereocenters. The number of fused-ring (bicyclic) bond motifs is 1. The van der Waals surface area contributed by atoms with Crippen LogP contribution >= 0.6 is 27.7 Å². The van der Waals surface area contributed by atoms with Crippen LogP contribution in [0.5, 0.6) is 11.5 Å². The summed E-state index contributed by atoms with van der Waals surface area (Å²) in [6.45, 7) is 4.41. The highest BCUT2D eigenvalue weighted by atomic mass is 79.9. The van der Waals surface area contributed by atoms with Gasteiger partial charge < -0.3 is 19.5 Å². The third kappa shape index (κ3) is 4.81. The van der Waals surface area contributed by atoms with Crippen molar-refractivity contribution in [3.8, 4) is 11.5 Å². The maximum absolute atomic E-state index is 13.8. The van der Waals surface area contributed by atoms with Crippen molar-refractivity contribution in [3.63, 3.8) is 0 Å². The molecule has 0 spiro atoms. The fraction of sp³-hybridized carbons (Fsp3) is 0.357. The molecule has 2 aromatic carbocycles. The van der Waals surface area contributed by atoms with Crippen molar-refractivity contribution >= 4 is 39.4 Å². The molecule has 0 aromatic heterocycles. The van der Waals surface area contributed by atoms with E-state index in [0.717, 1.165) is 32.8 Å². The molecule has 1 aliphatic carbocycles. The molecule has 3 aliphatic rings. The van der Waals surface area contributed by atoms with E-state index in [1.54, 1.807) is 11.8 Å². The van der Waals surface area contributed by atoms with Gasteiger partial charge in [0.15, 0.2) is 17.3 Å². The van der Waals surface area contributed by atoms with Gasteiger partial charge in [0.2, 0.25) is 6.79 Å². The van der Waals surface area contributed by atoms with Crippen molar-refractivity contribution < 1.29 is 23.8 Å². The van der Waals surface area contributed by atoms with Gasteiger partial charge in [0.1, 0.15) is 6.61 Å². The van der Waals surface area contributed by atoms with Crippen LogP contribution in [0.2, 0.25) is 0 Å². The summed E-state index contributed by atoms with van der Waals surface area (Å²) >= 11 is 5.39. The molecule has 36 heavy (non-hydrogen) atoms. The molecule has 0 bridgehead atoms. The average molecular weight is 571 g/mol. The maximum Gasteiger partial charge on any atom is 0.336 e. The quantitative estimate of drug-likeness (QED) is 0.332. The van der Waals surface area contributed by atoms with Gasteiger partial charge in [0, 0.05) is 39.5 Å². The number of hydrogen-bond donors (Lipinski definition) is 1. The van der Waals surface area contributed by atoms with Gasteiger partial charge >= 0.3 is 5.97 Å². The lowest BCUT2D eigenvalue weighted by Gasteiger charge is -2.37. The molecule has 8 heteroatoms. The third-order valence-corrected chi connectivity index (χ3v) is 8.34. The Balaban J connectivity index is 1.56. The lowest BCUT2D eigenvalue weighted by Crippen LogP contribution is -2.36. The number of nitrogens with one attached hydrogen (secondary N) is 1. The number of halogens is 1. The molecule has 0 saturated carbocycles. The van der Waals surface area contributed by atoms with Crippen molar-refractivity contribution in [2.45, 2.75) is 38.5 Å². The predicted octanol–water partition coefficient (Wildman–Crippen LogP) is 5.84. The number of rotatable bonds is 7. The first-order valence-corrected chi connectivity index (χ1v) is 14.1. The highest BCUT2D eigenvalue weighted by molar-refractivity contribution is 9.10. The summed E-state index contributed by atoms with van der Waals surface area (Å²) in [6.07, 6.45) is 1.08. The topological polar surface area (TPSA) is 73.9 Å². The third-order valence-electron chi connectivity index (χ3n) is 6.79. The molecular formula is C28H28BrNO5S. The Morgan fingerprint density at radius 2 is 1.92 bits per heavy atom. The van der Waals surface area contributed by atoms with Gasteiger partial charge in [-0.3, -0.25) is 4.79 Å². The first kappa shape index (κ1) is 25.0. The Labute approximate surface area is 223 Å². The second-order valence-electron chi connectivity index (χ2n) is 8.99. The zero-order chi connectivity index (χ0) is 25.2. The van der Waals surface area contributed by atoms with Crippen LogP contribution in [-0.4, -0.2) is 36.7 Å². The Bertz CT molecular complexity index is 1260. The van der Waals surface area contributed by atoms with Crippen molar-refractivity contribution in [1.29, 1.82) is 0 Å². The largest absolute Gasteiger partial charge is 0.461 e. The first-order chi connectivity index (χ1) is 17.5.